The summed E-state index contributed by atoms with van der Waals surface area (Å²) in [4.78, 5) is 58.6. The number of carboxylic acids is 2. The number of hydrogen-bond donors (Lipinski definition) is 6. The molecule has 7 N–H and O–H groups in total. The minimum Gasteiger partial charge on any atom is -0.481 e. The smallest absolute Gasteiger partial charge is 0.326 e. The van der Waals surface area contributed by atoms with Gasteiger partial charge < -0.3 is 31.9 Å². The van der Waals surface area contributed by atoms with Gasteiger partial charge in [0.15, 0.2) is 0 Å². The molecule has 11 nitrogen and oxygen atoms in total. The van der Waals surface area contributed by atoms with Gasteiger partial charge in [0.05, 0.1) is 12.6 Å². The van der Waals surface area contributed by atoms with Crippen molar-refractivity contribution in [3.8, 4) is 0 Å². The van der Waals surface area contributed by atoms with Crippen LogP contribution in [0.1, 0.15) is 39.5 Å². The molecule has 0 saturated carbocycles. The molecular weight excluding hydrogens is 416 g/mol. The first-order chi connectivity index (χ1) is 14.0. The van der Waals surface area contributed by atoms with Crippen molar-refractivity contribution >= 4 is 41.4 Å². The van der Waals surface area contributed by atoms with Gasteiger partial charge in [0.2, 0.25) is 17.7 Å². The first-order valence-electron chi connectivity index (χ1n) is 9.59. The van der Waals surface area contributed by atoms with E-state index in [1.165, 1.54) is 0 Å². The maximum absolute atomic E-state index is 12.6. The van der Waals surface area contributed by atoms with Gasteiger partial charge in [-0.3, -0.25) is 19.2 Å². The second kappa shape index (κ2) is 14.6. The number of amides is 3. The highest BCUT2D eigenvalue weighted by atomic mass is 32.2. The molecule has 0 saturated heterocycles. The van der Waals surface area contributed by atoms with Crippen LogP contribution in [0, 0.1) is 5.92 Å². The monoisotopic (exact) mass is 448 g/mol. The summed E-state index contributed by atoms with van der Waals surface area (Å²) in [6, 6.07) is -3.19. The lowest BCUT2D eigenvalue weighted by atomic mass is 9.97. The van der Waals surface area contributed by atoms with E-state index in [4.69, 9.17) is 10.8 Å². The number of nitrogens with two attached hydrogens (primary N) is 1. The highest BCUT2D eigenvalue weighted by molar-refractivity contribution is 7.98. The summed E-state index contributed by atoms with van der Waals surface area (Å²) in [5.41, 5.74) is 5.72. The van der Waals surface area contributed by atoms with Gasteiger partial charge in [-0.2, -0.15) is 11.8 Å². The van der Waals surface area contributed by atoms with Crippen LogP contribution in [0.2, 0.25) is 0 Å². The number of hydrogen-bond acceptors (Lipinski definition) is 7. The van der Waals surface area contributed by atoms with Gasteiger partial charge in [0.25, 0.3) is 0 Å². The van der Waals surface area contributed by atoms with Crippen LogP contribution in [0.15, 0.2) is 0 Å². The Labute approximate surface area is 179 Å². The van der Waals surface area contributed by atoms with Crippen LogP contribution in [-0.2, 0) is 24.0 Å². The third-order valence-corrected chi connectivity index (χ3v) is 5.11. The SMILES string of the molecule is CCC(C)C(NC(=O)CNC(=O)C(N)CCSC)C(=O)NC(CCC(=O)O)C(=O)O. The second-order valence-corrected chi connectivity index (χ2v) is 7.85. The number of nitrogens with one attached hydrogen (secondary N) is 3. The number of rotatable bonds is 15. The summed E-state index contributed by atoms with van der Waals surface area (Å²) in [5.74, 6) is -4.04. The molecule has 30 heavy (non-hydrogen) atoms. The molecule has 0 aromatic carbocycles. The highest BCUT2D eigenvalue weighted by Crippen LogP contribution is 2.09. The van der Waals surface area contributed by atoms with Gasteiger partial charge in [0, 0.05) is 6.42 Å². The van der Waals surface area contributed by atoms with E-state index < -0.39 is 54.2 Å². The zero-order chi connectivity index (χ0) is 23.3. The summed E-state index contributed by atoms with van der Waals surface area (Å²) in [5, 5.41) is 25.1. The zero-order valence-corrected chi connectivity index (χ0v) is 18.3. The van der Waals surface area contributed by atoms with Gasteiger partial charge in [-0.05, 0) is 30.8 Å². The predicted octanol–water partition coefficient (Wildman–Crippen LogP) is -0.852. The van der Waals surface area contributed by atoms with E-state index >= 15 is 0 Å². The number of carbonyl (C=O) groups excluding carboxylic acids is 3. The van der Waals surface area contributed by atoms with Crippen LogP contribution >= 0.6 is 11.8 Å². The Morgan fingerprint density at radius 1 is 1.03 bits per heavy atom. The maximum Gasteiger partial charge on any atom is 0.326 e. The summed E-state index contributed by atoms with van der Waals surface area (Å²) in [6.07, 6.45) is 2.13. The van der Waals surface area contributed by atoms with E-state index in [1.54, 1.807) is 25.6 Å². The van der Waals surface area contributed by atoms with E-state index in [0.717, 1.165) is 0 Å². The summed E-state index contributed by atoms with van der Waals surface area (Å²) < 4.78 is 0. The van der Waals surface area contributed by atoms with E-state index in [1.807, 2.05) is 6.26 Å². The van der Waals surface area contributed by atoms with Crippen molar-refractivity contribution in [3.05, 3.63) is 0 Å². The average molecular weight is 449 g/mol. The molecule has 0 aliphatic carbocycles. The quantitative estimate of drug-likeness (QED) is 0.185. The van der Waals surface area contributed by atoms with Gasteiger partial charge >= 0.3 is 11.9 Å². The molecule has 0 spiro atoms. The van der Waals surface area contributed by atoms with Gasteiger partial charge in [-0.25, -0.2) is 4.79 Å². The standard InChI is InChI=1S/C18H32N4O7S/c1-4-10(2)15(17(27)21-12(18(28)29)5-6-14(24)25)22-13(23)9-20-16(26)11(19)7-8-30-3/h10-12,15H,4-9,19H2,1-3H3,(H,20,26)(H,21,27)(H,22,23)(H,24,25)(H,28,29). The first kappa shape index (κ1) is 27.7. The lowest BCUT2D eigenvalue weighted by Gasteiger charge is -2.25. The molecular formula is C18H32N4O7S. The molecule has 0 heterocycles. The molecule has 172 valence electrons. The highest BCUT2D eigenvalue weighted by Gasteiger charge is 2.30. The van der Waals surface area contributed by atoms with E-state index in [2.05, 4.69) is 16.0 Å². The van der Waals surface area contributed by atoms with Gasteiger partial charge in [-0.15, -0.1) is 0 Å². The normalized spacial score (nSPS) is 14.7. The van der Waals surface area contributed by atoms with Crippen molar-refractivity contribution in [1.82, 2.24) is 16.0 Å². The fraction of sp³-hybridized carbons (Fsp3) is 0.722. The van der Waals surface area contributed by atoms with Crippen molar-refractivity contribution in [2.45, 2.75) is 57.7 Å². The van der Waals surface area contributed by atoms with Crippen molar-refractivity contribution < 1.29 is 34.2 Å². The fourth-order valence-electron chi connectivity index (χ4n) is 2.39. The third kappa shape index (κ3) is 11.0. The van der Waals surface area contributed by atoms with Crippen molar-refractivity contribution in [3.63, 3.8) is 0 Å². The Morgan fingerprint density at radius 2 is 1.67 bits per heavy atom. The van der Waals surface area contributed by atoms with Crippen molar-refractivity contribution in [2.24, 2.45) is 11.7 Å². The summed E-state index contributed by atoms with van der Waals surface area (Å²) in [7, 11) is 0. The lowest BCUT2D eigenvalue weighted by molar-refractivity contribution is -0.143. The van der Waals surface area contributed by atoms with Crippen LogP contribution < -0.4 is 21.7 Å². The van der Waals surface area contributed by atoms with E-state index in [0.29, 0.717) is 18.6 Å². The second-order valence-electron chi connectivity index (χ2n) is 6.87. The summed E-state index contributed by atoms with van der Waals surface area (Å²) >= 11 is 1.54. The van der Waals surface area contributed by atoms with Gasteiger partial charge in [-0.1, -0.05) is 20.3 Å². The van der Waals surface area contributed by atoms with Gasteiger partial charge in [0.1, 0.15) is 12.1 Å². The number of thioether (sulfide) groups is 1. The molecule has 0 aliphatic rings. The molecule has 0 aromatic rings. The fourth-order valence-corrected chi connectivity index (χ4v) is 2.88. The summed E-state index contributed by atoms with van der Waals surface area (Å²) in [6.45, 7) is 3.12. The molecule has 0 radical (unpaired) electrons. The molecule has 0 bridgehead atoms. The Kier molecular flexibility index (Phi) is 13.5. The number of aliphatic carboxylic acids is 2. The lowest BCUT2D eigenvalue weighted by Crippen LogP contribution is -2.55. The maximum atomic E-state index is 12.6. The van der Waals surface area contributed by atoms with E-state index in [-0.39, 0.29) is 18.9 Å². The molecule has 3 amide bonds. The largest absolute Gasteiger partial charge is 0.481 e. The Hall–Kier alpha value is -2.34. The molecule has 4 unspecified atom stereocenters. The van der Waals surface area contributed by atoms with Crippen LogP contribution in [-0.4, -0.2) is 76.6 Å². The average Bonchev–Trinajstić information content (AvgIpc) is 2.69. The molecule has 0 aromatic heterocycles. The topological polar surface area (TPSA) is 188 Å². The minimum atomic E-state index is -1.40. The van der Waals surface area contributed by atoms with E-state index in [9.17, 15) is 29.1 Å². The molecule has 0 rings (SSSR count). The van der Waals surface area contributed by atoms with Crippen LogP contribution in [0.25, 0.3) is 0 Å². The zero-order valence-electron chi connectivity index (χ0n) is 17.5. The predicted molar refractivity (Wildman–Crippen MR) is 112 cm³/mol. The van der Waals surface area contributed by atoms with Crippen LogP contribution in [0.4, 0.5) is 0 Å². The van der Waals surface area contributed by atoms with Crippen molar-refractivity contribution in [2.75, 3.05) is 18.6 Å². The minimum absolute atomic E-state index is 0.290. The molecule has 0 aliphatic heterocycles. The number of carboxylic acid groups (broad SMARTS) is 2. The molecule has 4 atom stereocenters. The first-order valence-corrected chi connectivity index (χ1v) is 11.0. The molecule has 12 heteroatoms. The van der Waals surface area contributed by atoms with Crippen LogP contribution in [0.5, 0.6) is 0 Å². The Bertz CT molecular complexity index is 617. The Morgan fingerprint density at radius 3 is 2.17 bits per heavy atom. The Balaban J connectivity index is 4.91. The van der Waals surface area contributed by atoms with Crippen LogP contribution in [0.3, 0.4) is 0 Å². The molecule has 0 fully saturated rings. The third-order valence-electron chi connectivity index (χ3n) is 4.47. The van der Waals surface area contributed by atoms with Crippen molar-refractivity contribution in [1.29, 1.82) is 0 Å². The number of carbonyl (C=O) groups is 5.